The van der Waals surface area contributed by atoms with Crippen molar-refractivity contribution in [3.63, 3.8) is 0 Å². The van der Waals surface area contributed by atoms with E-state index in [0.29, 0.717) is 25.0 Å². The molecule has 0 spiro atoms. The highest BCUT2D eigenvalue weighted by atomic mass is 19.4. The molecular weight excluding hydrogens is 470 g/mol. The fraction of sp³-hybridized carbons (Fsp3) is 0.636. The Morgan fingerprint density at radius 2 is 1.59 bits per heavy atom. The molecule has 1 saturated heterocycles. The second-order valence-corrected chi connectivity index (χ2v) is 8.54. The van der Waals surface area contributed by atoms with Crippen LogP contribution in [-0.4, -0.2) is 47.8 Å². The van der Waals surface area contributed by atoms with Crippen molar-refractivity contribution in [2.45, 2.75) is 77.1 Å². The maximum absolute atomic E-state index is 13.1. The topological polar surface area (TPSA) is 67.9 Å². The van der Waals surface area contributed by atoms with Crippen LogP contribution in [0.5, 0.6) is 0 Å². The van der Waals surface area contributed by atoms with Gasteiger partial charge in [-0.2, -0.15) is 26.3 Å². The van der Waals surface area contributed by atoms with Gasteiger partial charge in [-0.1, -0.05) is 6.92 Å². The maximum atomic E-state index is 13.1. The Morgan fingerprint density at radius 3 is 2.06 bits per heavy atom. The van der Waals surface area contributed by atoms with E-state index in [-0.39, 0.29) is 37.4 Å². The van der Waals surface area contributed by atoms with E-state index in [1.807, 2.05) is 6.92 Å². The Hall–Kier alpha value is -2.50. The normalized spacial score (nSPS) is 19.3. The van der Waals surface area contributed by atoms with Crippen molar-refractivity contribution in [3.8, 4) is 0 Å². The van der Waals surface area contributed by atoms with Crippen LogP contribution in [0.4, 0.5) is 31.1 Å². The Bertz CT molecular complexity index is 853. The molecule has 1 amide bonds. The Morgan fingerprint density at radius 1 is 1.03 bits per heavy atom. The van der Waals surface area contributed by atoms with Gasteiger partial charge < -0.3 is 19.7 Å². The van der Waals surface area contributed by atoms with Crippen LogP contribution in [0.25, 0.3) is 0 Å². The molecule has 1 heterocycles. The van der Waals surface area contributed by atoms with Crippen molar-refractivity contribution in [1.29, 1.82) is 0 Å². The van der Waals surface area contributed by atoms with Gasteiger partial charge in [-0.05, 0) is 57.4 Å². The first-order valence-electron chi connectivity index (χ1n) is 10.8. The molecule has 0 unspecified atom stereocenters. The molecule has 0 radical (unpaired) electrons. The Labute approximate surface area is 193 Å². The zero-order valence-electron chi connectivity index (χ0n) is 19.3. The Kier molecular flexibility index (Phi) is 8.49. The van der Waals surface area contributed by atoms with Gasteiger partial charge in [0, 0.05) is 25.2 Å². The highest BCUT2D eigenvalue weighted by molar-refractivity contribution is 5.82. The monoisotopic (exact) mass is 498 g/mol. The van der Waals surface area contributed by atoms with E-state index in [1.165, 1.54) is 18.7 Å². The average molecular weight is 498 g/mol. The molecule has 1 aromatic rings. The molecule has 0 saturated carbocycles. The first kappa shape index (κ1) is 27.7. The summed E-state index contributed by atoms with van der Waals surface area (Å²) < 4.78 is 88.7. The first-order valence-corrected chi connectivity index (χ1v) is 10.8. The van der Waals surface area contributed by atoms with Crippen LogP contribution in [0.3, 0.4) is 0 Å². The number of benzene rings is 1. The van der Waals surface area contributed by atoms with Crippen LogP contribution >= 0.6 is 0 Å². The van der Waals surface area contributed by atoms with Crippen molar-refractivity contribution in [3.05, 3.63) is 34.9 Å². The summed E-state index contributed by atoms with van der Waals surface area (Å²) in [5.74, 6) is -0.713. The second-order valence-electron chi connectivity index (χ2n) is 8.54. The number of hydrogen-bond donors (Lipinski definition) is 1. The number of esters is 1. The molecule has 6 nitrogen and oxygen atoms in total. The summed E-state index contributed by atoms with van der Waals surface area (Å²) in [6.07, 6.45) is -9.66. The van der Waals surface area contributed by atoms with Crippen LogP contribution < -0.4 is 5.32 Å². The number of rotatable bonds is 7. The van der Waals surface area contributed by atoms with E-state index in [0.717, 1.165) is 0 Å². The van der Waals surface area contributed by atoms with Gasteiger partial charge in [-0.15, -0.1) is 0 Å². The molecular formula is C22H28F6N2O4. The van der Waals surface area contributed by atoms with Crippen LogP contribution in [0, 0.1) is 0 Å². The van der Waals surface area contributed by atoms with E-state index < -0.39 is 47.2 Å². The number of ether oxygens (including phenoxy) is 2. The molecule has 12 heteroatoms. The summed E-state index contributed by atoms with van der Waals surface area (Å²) >= 11 is 0. The van der Waals surface area contributed by atoms with E-state index in [9.17, 15) is 35.9 Å². The minimum Gasteiger partial charge on any atom is -0.463 e. The molecule has 1 fully saturated rings. The molecule has 192 valence electrons. The summed E-state index contributed by atoms with van der Waals surface area (Å²) in [6.45, 7) is 6.18. The third-order valence-corrected chi connectivity index (χ3v) is 5.47. The van der Waals surface area contributed by atoms with Gasteiger partial charge in [0.25, 0.3) is 0 Å². The molecule has 2 rings (SSSR count). The van der Waals surface area contributed by atoms with Gasteiger partial charge in [0.15, 0.2) is 0 Å². The molecule has 34 heavy (non-hydrogen) atoms. The minimum absolute atomic E-state index is 0.0786. The highest BCUT2D eigenvalue weighted by Crippen LogP contribution is 2.36. The van der Waals surface area contributed by atoms with Gasteiger partial charge in [-0.3, -0.25) is 0 Å². The van der Waals surface area contributed by atoms with Crippen molar-refractivity contribution >= 4 is 12.1 Å². The summed E-state index contributed by atoms with van der Waals surface area (Å²) in [7, 11) is 0. The lowest BCUT2D eigenvalue weighted by Crippen LogP contribution is -2.45. The summed E-state index contributed by atoms with van der Waals surface area (Å²) in [4.78, 5) is 26.1. The largest absolute Gasteiger partial charge is 0.463 e. The lowest BCUT2D eigenvalue weighted by molar-refractivity contribution is -0.162. The van der Waals surface area contributed by atoms with Gasteiger partial charge in [0.1, 0.15) is 0 Å². The van der Waals surface area contributed by atoms with Gasteiger partial charge in [0.05, 0.1) is 17.7 Å². The molecule has 1 aliphatic rings. The number of carbonyl (C=O) groups is 2. The predicted molar refractivity (Wildman–Crippen MR) is 110 cm³/mol. The maximum Gasteiger partial charge on any atom is 0.416 e. The number of carbonyl (C=O) groups excluding carboxylic acids is 2. The van der Waals surface area contributed by atoms with Crippen LogP contribution in [0.1, 0.15) is 57.2 Å². The number of hydrogen-bond acceptors (Lipinski definition) is 5. The van der Waals surface area contributed by atoms with Gasteiger partial charge >= 0.3 is 24.4 Å². The quantitative estimate of drug-likeness (QED) is 0.416. The molecule has 2 atom stereocenters. The number of alkyl halides is 6. The van der Waals surface area contributed by atoms with Crippen molar-refractivity contribution in [1.82, 2.24) is 10.2 Å². The third kappa shape index (κ3) is 7.00. The van der Waals surface area contributed by atoms with E-state index >= 15 is 0 Å². The van der Waals surface area contributed by atoms with Crippen molar-refractivity contribution < 1.29 is 45.4 Å². The first-order chi connectivity index (χ1) is 15.6. The summed E-state index contributed by atoms with van der Waals surface area (Å²) in [6, 6.07) is 0.738. The van der Waals surface area contributed by atoms with Gasteiger partial charge in [-0.25, -0.2) is 9.59 Å². The fourth-order valence-electron chi connectivity index (χ4n) is 3.68. The van der Waals surface area contributed by atoms with E-state index in [4.69, 9.17) is 9.47 Å². The number of halogens is 6. The van der Waals surface area contributed by atoms with Crippen LogP contribution in [-0.2, 0) is 33.2 Å². The van der Waals surface area contributed by atoms with Crippen molar-refractivity contribution in [2.24, 2.45) is 0 Å². The second kappa shape index (κ2) is 10.4. The fourth-order valence-corrected chi connectivity index (χ4v) is 3.68. The van der Waals surface area contributed by atoms with E-state index in [1.54, 1.807) is 6.92 Å². The highest BCUT2D eigenvalue weighted by Gasteiger charge is 2.41. The lowest BCUT2D eigenvalue weighted by atomic mass is 10.0. The van der Waals surface area contributed by atoms with Gasteiger partial charge in [0.2, 0.25) is 5.60 Å². The summed E-state index contributed by atoms with van der Waals surface area (Å²) in [5.41, 5.74) is -4.48. The number of likely N-dealkylation sites (tertiary alicyclic amines) is 1. The average Bonchev–Trinajstić information content (AvgIpc) is 3.14. The van der Waals surface area contributed by atoms with Crippen molar-refractivity contribution in [2.75, 3.05) is 13.2 Å². The summed E-state index contributed by atoms with van der Waals surface area (Å²) in [5, 5.41) is 2.93. The van der Waals surface area contributed by atoms with E-state index in [2.05, 4.69) is 5.32 Å². The SMILES string of the molecule is CCOC(=O)C(C)(C)OC(=O)N1C[C@@H](NCc2cc(C(F)(F)F)cc(C(F)(F)F)c2)C[C@H]1CC. The molecule has 1 aromatic carbocycles. The molecule has 0 bridgehead atoms. The standard InChI is InChI=1S/C22H28F6N2O4/c1-5-17-10-16(12-30(17)19(32)34-20(3,4)18(31)33-6-2)29-11-13-7-14(21(23,24)25)9-15(8-13)22(26,27)28/h7-9,16-17,29H,5-6,10-12H2,1-4H3/t16-,17+/m0/s1. The zero-order chi connectivity index (χ0) is 25.9. The molecule has 1 aliphatic heterocycles. The van der Waals surface area contributed by atoms with Crippen LogP contribution in [0.2, 0.25) is 0 Å². The molecule has 1 N–H and O–H groups in total. The third-order valence-electron chi connectivity index (χ3n) is 5.47. The molecule has 0 aliphatic carbocycles. The Balaban J connectivity index is 2.11. The predicted octanol–water partition coefficient (Wildman–Crippen LogP) is 5.15. The smallest absolute Gasteiger partial charge is 0.416 e. The molecule has 0 aromatic heterocycles. The van der Waals surface area contributed by atoms with Crippen LogP contribution in [0.15, 0.2) is 18.2 Å². The number of amides is 1. The zero-order valence-corrected chi connectivity index (χ0v) is 19.3. The number of nitrogens with one attached hydrogen (secondary N) is 1. The lowest BCUT2D eigenvalue weighted by Gasteiger charge is -2.28. The number of nitrogens with zero attached hydrogens (tertiary/aromatic N) is 1. The minimum atomic E-state index is -4.93.